The molecule has 3 aliphatic heterocycles. The molecule has 41 heavy (non-hydrogen) atoms. The molecule has 6 rings (SSSR count). The van der Waals surface area contributed by atoms with E-state index in [4.69, 9.17) is 27.9 Å². The Hall–Kier alpha value is -3.69. The highest BCUT2D eigenvalue weighted by Crippen LogP contribution is 2.59. The van der Waals surface area contributed by atoms with Crippen molar-refractivity contribution in [2.45, 2.75) is 36.6 Å². The smallest absolute Gasteiger partial charge is 0.260 e. The van der Waals surface area contributed by atoms with E-state index in [1.807, 2.05) is 0 Å². The number of anilines is 1. The molecule has 3 atom stereocenters. The maximum absolute atomic E-state index is 15.4. The summed E-state index contributed by atoms with van der Waals surface area (Å²) in [6.45, 7) is 1.06. The second kappa shape index (κ2) is 10.6. The van der Waals surface area contributed by atoms with Gasteiger partial charge in [-0.25, -0.2) is 8.78 Å². The number of hydrogen-bond donors (Lipinski definition) is 2. The van der Waals surface area contributed by atoms with Crippen LogP contribution in [0.1, 0.15) is 47.9 Å². The zero-order valence-electron chi connectivity index (χ0n) is 21.7. The number of rotatable bonds is 5. The number of nitrogens with zero attached hydrogens (tertiary/aromatic N) is 1. The first kappa shape index (κ1) is 27.5. The van der Waals surface area contributed by atoms with Crippen LogP contribution in [0.5, 0.6) is 5.75 Å². The van der Waals surface area contributed by atoms with Gasteiger partial charge >= 0.3 is 0 Å². The van der Waals surface area contributed by atoms with Crippen molar-refractivity contribution in [1.29, 1.82) is 0 Å². The Morgan fingerprint density at radius 2 is 1.71 bits per heavy atom. The van der Waals surface area contributed by atoms with Gasteiger partial charge in [-0.2, -0.15) is 0 Å². The number of benzene rings is 3. The fourth-order valence-electron chi connectivity index (χ4n) is 6.38. The number of nitrogens with one attached hydrogen (secondary N) is 2. The summed E-state index contributed by atoms with van der Waals surface area (Å²) in [7, 11) is 0. The lowest BCUT2D eigenvalue weighted by atomic mass is 9.59. The highest BCUT2D eigenvalue weighted by Gasteiger charge is 2.62. The van der Waals surface area contributed by atoms with Gasteiger partial charge in [-0.3, -0.25) is 14.4 Å². The minimum absolute atomic E-state index is 0.183. The van der Waals surface area contributed by atoms with E-state index in [9.17, 15) is 18.8 Å². The van der Waals surface area contributed by atoms with E-state index in [0.29, 0.717) is 39.9 Å². The number of fused-ring (bicyclic) bond motifs is 2. The van der Waals surface area contributed by atoms with Crippen molar-refractivity contribution >= 4 is 46.6 Å². The molecule has 212 valence electrons. The molecule has 3 heterocycles. The molecule has 7 nitrogen and oxygen atoms in total. The van der Waals surface area contributed by atoms with Crippen LogP contribution < -0.4 is 15.4 Å². The topological polar surface area (TPSA) is 87.7 Å². The molecule has 3 aliphatic rings. The minimum atomic E-state index is -1.65. The van der Waals surface area contributed by atoms with Crippen molar-refractivity contribution < 1.29 is 27.9 Å². The van der Waals surface area contributed by atoms with Gasteiger partial charge in [-0.15, -0.1) is 0 Å². The van der Waals surface area contributed by atoms with Gasteiger partial charge in [0, 0.05) is 52.3 Å². The van der Waals surface area contributed by atoms with Gasteiger partial charge in [0.05, 0.1) is 6.04 Å². The van der Waals surface area contributed by atoms with E-state index in [-0.39, 0.29) is 30.2 Å². The Morgan fingerprint density at radius 1 is 0.976 bits per heavy atom. The van der Waals surface area contributed by atoms with Crippen LogP contribution in [-0.2, 0) is 19.8 Å². The molecular formula is C30H25Cl2F2N3O4. The van der Waals surface area contributed by atoms with E-state index in [2.05, 4.69) is 10.6 Å². The average Bonchev–Trinajstić information content (AvgIpc) is 3.57. The lowest BCUT2D eigenvalue weighted by molar-refractivity contribution is -0.133. The second-order valence-corrected chi connectivity index (χ2v) is 11.4. The molecule has 3 aromatic rings. The summed E-state index contributed by atoms with van der Waals surface area (Å²) in [4.78, 5) is 41.9. The van der Waals surface area contributed by atoms with Crippen molar-refractivity contribution in [3.05, 3.63) is 93.0 Å². The van der Waals surface area contributed by atoms with E-state index >= 15 is 4.39 Å². The first-order chi connectivity index (χ1) is 19.7. The molecule has 11 heteroatoms. The summed E-state index contributed by atoms with van der Waals surface area (Å²) in [5, 5.41) is 6.28. The van der Waals surface area contributed by atoms with E-state index in [1.165, 1.54) is 0 Å². The van der Waals surface area contributed by atoms with Crippen LogP contribution in [0.2, 0.25) is 10.0 Å². The number of hydrogen-bond acceptors (Lipinski definition) is 4. The zero-order chi connectivity index (χ0) is 28.9. The summed E-state index contributed by atoms with van der Waals surface area (Å²) in [6, 6.07) is 11.2. The van der Waals surface area contributed by atoms with Crippen LogP contribution in [0, 0.1) is 11.6 Å². The lowest BCUT2D eigenvalue weighted by Crippen LogP contribution is -2.57. The number of likely N-dealkylation sites (tertiary alicyclic amines) is 1. The largest absolute Gasteiger partial charge is 0.483 e. The van der Waals surface area contributed by atoms with E-state index in [0.717, 1.165) is 31.0 Å². The zero-order valence-corrected chi connectivity index (χ0v) is 23.2. The van der Waals surface area contributed by atoms with E-state index < -0.39 is 40.8 Å². The molecule has 0 aromatic heterocycles. The number of carbonyl (C=O) groups excluding carboxylic acids is 3. The first-order valence-electron chi connectivity index (χ1n) is 13.2. The Bertz CT molecular complexity index is 1580. The van der Waals surface area contributed by atoms with Crippen molar-refractivity contribution in [2.75, 3.05) is 25.0 Å². The molecule has 0 saturated carbocycles. The van der Waals surface area contributed by atoms with Gasteiger partial charge in [0.15, 0.2) is 6.61 Å². The third-order valence-electron chi connectivity index (χ3n) is 8.18. The van der Waals surface area contributed by atoms with Gasteiger partial charge in [0.1, 0.15) is 22.8 Å². The van der Waals surface area contributed by atoms with Crippen LogP contribution in [0.25, 0.3) is 0 Å². The lowest BCUT2D eigenvalue weighted by Gasteiger charge is -2.46. The summed E-state index contributed by atoms with van der Waals surface area (Å²) >= 11 is 12.7. The predicted molar refractivity (Wildman–Crippen MR) is 149 cm³/mol. The fraction of sp³-hybridized carbons (Fsp3) is 0.300. The number of ether oxygens (including phenoxy) is 1. The van der Waals surface area contributed by atoms with Gasteiger partial charge in [-0.05, 0) is 66.9 Å². The van der Waals surface area contributed by atoms with Crippen LogP contribution in [0.4, 0.5) is 14.5 Å². The van der Waals surface area contributed by atoms with Crippen LogP contribution in [-0.4, -0.2) is 42.3 Å². The van der Waals surface area contributed by atoms with E-state index in [1.54, 1.807) is 41.3 Å². The SMILES string of the molecule is O=C1C[C@H](c2cc(Cl)ccc2OCC(=O)N2CCCC2)C2(C(=O)Nc3cc(Cl)ccc32)[C@H](c2cc(F)ccc2F)N1. The Labute approximate surface area is 244 Å². The minimum Gasteiger partial charge on any atom is -0.483 e. The van der Waals surface area contributed by atoms with Crippen molar-refractivity contribution in [1.82, 2.24) is 10.2 Å². The van der Waals surface area contributed by atoms with Gasteiger partial charge < -0.3 is 20.3 Å². The van der Waals surface area contributed by atoms with Gasteiger partial charge in [-0.1, -0.05) is 29.3 Å². The molecule has 2 fully saturated rings. The van der Waals surface area contributed by atoms with Crippen LogP contribution >= 0.6 is 23.2 Å². The number of piperidine rings is 1. The molecule has 3 aromatic carbocycles. The quantitative estimate of drug-likeness (QED) is 0.405. The normalized spacial score (nSPS) is 23.4. The molecule has 0 aliphatic carbocycles. The van der Waals surface area contributed by atoms with Crippen LogP contribution in [0.15, 0.2) is 54.6 Å². The van der Waals surface area contributed by atoms with Gasteiger partial charge in [0.2, 0.25) is 11.8 Å². The summed E-state index contributed by atoms with van der Waals surface area (Å²) in [5.74, 6) is -3.40. The van der Waals surface area contributed by atoms with Crippen LogP contribution in [0.3, 0.4) is 0 Å². The number of amides is 3. The third-order valence-corrected chi connectivity index (χ3v) is 8.65. The standard InChI is InChI=1S/C30H25Cl2F2N3O4/c31-16-4-8-25(41-15-27(39)37-9-1-2-10-37)19(11-16)22-14-26(38)36-28(20-13-18(33)5-7-23(20)34)30(22)21-6-3-17(32)12-24(21)35-29(30)40/h3-8,11-13,22,28H,1-2,9-10,14-15H2,(H,35,40)(H,36,38)/t22-,28+,30?/m1/s1. The monoisotopic (exact) mass is 599 g/mol. The Morgan fingerprint density at radius 3 is 2.49 bits per heavy atom. The Kier molecular flexibility index (Phi) is 7.11. The molecule has 3 amide bonds. The second-order valence-electron chi connectivity index (χ2n) is 10.5. The third kappa shape index (κ3) is 4.71. The molecule has 0 radical (unpaired) electrons. The average molecular weight is 600 g/mol. The molecular weight excluding hydrogens is 575 g/mol. The molecule has 1 spiro atoms. The maximum atomic E-state index is 15.4. The molecule has 1 unspecified atom stereocenters. The highest BCUT2D eigenvalue weighted by molar-refractivity contribution is 6.31. The van der Waals surface area contributed by atoms with Crippen molar-refractivity contribution in [2.24, 2.45) is 0 Å². The fourth-order valence-corrected chi connectivity index (χ4v) is 6.73. The molecule has 0 bridgehead atoms. The molecule has 2 N–H and O–H groups in total. The Balaban J connectivity index is 1.53. The van der Waals surface area contributed by atoms with Gasteiger partial charge in [0.25, 0.3) is 5.91 Å². The predicted octanol–water partition coefficient (Wildman–Crippen LogP) is 5.51. The first-order valence-corrected chi connectivity index (χ1v) is 14.0. The summed E-state index contributed by atoms with van der Waals surface area (Å²) in [6.07, 6.45) is 1.65. The highest BCUT2D eigenvalue weighted by atomic mass is 35.5. The van der Waals surface area contributed by atoms with Crippen molar-refractivity contribution in [3.63, 3.8) is 0 Å². The number of halogens is 4. The summed E-state index contributed by atoms with van der Waals surface area (Å²) < 4.78 is 35.9. The van der Waals surface area contributed by atoms with Crippen molar-refractivity contribution in [3.8, 4) is 5.75 Å². The summed E-state index contributed by atoms with van der Waals surface area (Å²) in [5.41, 5.74) is -0.607. The maximum Gasteiger partial charge on any atom is 0.260 e. The molecule has 2 saturated heterocycles. The number of carbonyl (C=O) groups is 3.